The second kappa shape index (κ2) is 13.0. The van der Waals surface area contributed by atoms with Gasteiger partial charge in [0.15, 0.2) is 6.10 Å². The van der Waals surface area contributed by atoms with Gasteiger partial charge in [0.25, 0.3) is 5.91 Å². The number of nitrogens with one attached hydrogen (secondary N) is 1. The number of nitrogens with zero attached hydrogens (tertiary/aromatic N) is 2. The summed E-state index contributed by atoms with van der Waals surface area (Å²) in [5, 5.41) is 2.89. The highest BCUT2D eigenvalue weighted by atomic mass is 32.2. The monoisotopic (exact) mass is 611 g/mol. The van der Waals surface area contributed by atoms with Crippen molar-refractivity contribution >= 4 is 27.5 Å². The summed E-state index contributed by atoms with van der Waals surface area (Å²) in [7, 11) is -4.09. The maximum Gasteiger partial charge on any atom is 0.263 e. The van der Waals surface area contributed by atoms with Crippen LogP contribution in [0.4, 0.5) is 5.69 Å². The summed E-state index contributed by atoms with van der Waals surface area (Å²) in [5.41, 5.74) is 5.43. The molecule has 1 aliphatic rings. The first kappa shape index (κ1) is 31.0. The molecule has 1 aliphatic heterocycles. The Morgan fingerprint density at radius 3 is 2.16 bits per heavy atom. The Kier molecular flexibility index (Phi) is 9.17. The summed E-state index contributed by atoms with van der Waals surface area (Å²) >= 11 is 0. The first-order chi connectivity index (χ1) is 21.0. The van der Waals surface area contributed by atoms with Crippen LogP contribution >= 0.6 is 0 Å². The molecule has 4 aromatic carbocycles. The van der Waals surface area contributed by atoms with Crippen molar-refractivity contribution in [3.8, 4) is 5.75 Å². The number of ether oxygens (including phenoxy) is 1. The number of para-hydroxylation sites is 2. The molecule has 0 fully saturated rings. The van der Waals surface area contributed by atoms with Crippen molar-refractivity contribution < 1.29 is 22.7 Å². The van der Waals surface area contributed by atoms with Gasteiger partial charge >= 0.3 is 0 Å². The zero-order valence-electron chi connectivity index (χ0n) is 25.4. The number of fused-ring (bicyclic) bond motifs is 1. The van der Waals surface area contributed by atoms with E-state index in [1.165, 1.54) is 9.21 Å². The minimum atomic E-state index is -4.09. The second-order valence-corrected chi connectivity index (χ2v) is 13.1. The Hall–Kier alpha value is -4.47. The first-order valence-electron chi connectivity index (χ1n) is 14.5. The van der Waals surface area contributed by atoms with Crippen molar-refractivity contribution in [3.05, 3.63) is 124 Å². The van der Waals surface area contributed by atoms with E-state index in [1.54, 1.807) is 38.1 Å². The van der Waals surface area contributed by atoms with E-state index in [2.05, 4.69) is 5.32 Å². The predicted octanol–water partition coefficient (Wildman–Crippen LogP) is 5.22. The maximum absolute atomic E-state index is 14.3. The Labute approximate surface area is 259 Å². The van der Waals surface area contributed by atoms with Crippen LogP contribution in [0.25, 0.3) is 0 Å². The molecule has 228 valence electrons. The van der Waals surface area contributed by atoms with Crippen molar-refractivity contribution in [2.45, 2.75) is 51.8 Å². The molecule has 44 heavy (non-hydrogen) atoms. The fourth-order valence-corrected chi connectivity index (χ4v) is 7.36. The van der Waals surface area contributed by atoms with E-state index in [1.807, 2.05) is 80.6 Å². The van der Waals surface area contributed by atoms with Crippen LogP contribution in [0.2, 0.25) is 0 Å². The molecule has 1 N–H and O–H groups in total. The van der Waals surface area contributed by atoms with Gasteiger partial charge in [0.1, 0.15) is 5.75 Å². The molecule has 0 bridgehead atoms. The molecule has 9 heteroatoms. The van der Waals surface area contributed by atoms with E-state index < -0.39 is 28.6 Å². The summed E-state index contributed by atoms with van der Waals surface area (Å²) in [6.07, 6.45) is -0.971. The fourth-order valence-electron chi connectivity index (χ4n) is 5.57. The number of rotatable bonds is 9. The van der Waals surface area contributed by atoms with Gasteiger partial charge in [0.05, 0.1) is 23.7 Å². The second-order valence-electron chi connectivity index (χ2n) is 11.3. The summed E-state index contributed by atoms with van der Waals surface area (Å²) in [5.74, 6) is -0.443. The third kappa shape index (κ3) is 6.85. The van der Waals surface area contributed by atoms with Gasteiger partial charge in [-0.2, -0.15) is 4.31 Å². The van der Waals surface area contributed by atoms with Gasteiger partial charge in [-0.05, 0) is 62.1 Å². The number of aryl methyl sites for hydroxylation is 4. The largest absolute Gasteiger partial charge is 0.477 e. The molecule has 8 nitrogen and oxygen atoms in total. The number of benzene rings is 4. The van der Waals surface area contributed by atoms with E-state index >= 15 is 0 Å². The lowest BCUT2D eigenvalue weighted by atomic mass is 10.1. The van der Waals surface area contributed by atoms with Crippen molar-refractivity contribution in [3.63, 3.8) is 0 Å². The van der Waals surface area contributed by atoms with E-state index in [4.69, 9.17) is 4.74 Å². The Balaban J connectivity index is 1.44. The molecule has 0 saturated heterocycles. The molecular weight excluding hydrogens is 574 g/mol. The van der Waals surface area contributed by atoms with E-state index in [0.29, 0.717) is 29.1 Å². The molecule has 0 aromatic heterocycles. The minimum Gasteiger partial charge on any atom is -0.477 e. The van der Waals surface area contributed by atoms with Crippen LogP contribution in [0.3, 0.4) is 0 Å². The Morgan fingerprint density at radius 2 is 1.48 bits per heavy atom. The standard InChI is InChI=1S/C35H37N3O5S/c1-24-14-16-29(17-15-24)21-37(44(41,42)34-26(3)18-25(2)19-27(34)4)23-33(39)38-22-32(43-31-13-9-8-12-30(31)38)35(40)36-20-28-10-6-5-7-11-28/h5-19,32H,20-23H2,1-4H3,(H,36,40)/t32-/m0/s1. The van der Waals surface area contributed by atoms with Gasteiger partial charge in [0, 0.05) is 13.1 Å². The van der Waals surface area contributed by atoms with E-state index in [-0.39, 0.29) is 23.9 Å². The molecule has 0 aliphatic carbocycles. The molecule has 1 heterocycles. The fraction of sp³-hybridized carbons (Fsp3) is 0.257. The van der Waals surface area contributed by atoms with Gasteiger partial charge < -0.3 is 15.0 Å². The summed E-state index contributed by atoms with van der Waals surface area (Å²) < 4.78 is 35.8. The van der Waals surface area contributed by atoms with Crippen LogP contribution in [0, 0.1) is 27.7 Å². The topological polar surface area (TPSA) is 96.0 Å². The molecule has 5 rings (SSSR count). The Morgan fingerprint density at radius 1 is 0.841 bits per heavy atom. The van der Waals surface area contributed by atoms with Gasteiger partial charge in [0.2, 0.25) is 15.9 Å². The zero-order valence-corrected chi connectivity index (χ0v) is 26.2. The quantitative estimate of drug-likeness (QED) is 0.280. The number of anilines is 1. The summed E-state index contributed by atoms with van der Waals surface area (Å²) in [6, 6.07) is 27.7. The van der Waals surface area contributed by atoms with Gasteiger partial charge in [-0.25, -0.2) is 8.42 Å². The van der Waals surface area contributed by atoms with Crippen LogP contribution in [0.5, 0.6) is 5.75 Å². The van der Waals surface area contributed by atoms with E-state index in [9.17, 15) is 18.0 Å². The van der Waals surface area contributed by atoms with Crippen molar-refractivity contribution in [2.24, 2.45) is 0 Å². The highest BCUT2D eigenvalue weighted by Gasteiger charge is 2.37. The van der Waals surface area contributed by atoms with Crippen molar-refractivity contribution in [1.29, 1.82) is 0 Å². The normalized spacial score (nSPS) is 14.6. The number of amides is 2. The molecule has 0 spiro atoms. The van der Waals surface area contributed by atoms with Crippen LogP contribution in [0.1, 0.15) is 33.4 Å². The molecule has 0 saturated carbocycles. The molecule has 0 unspecified atom stereocenters. The van der Waals surface area contributed by atoms with Crippen molar-refractivity contribution in [2.75, 3.05) is 18.0 Å². The van der Waals surface area contributed by atoms with E-state index in [0.717, 1.165) is 22.3 Å². The molecule has 0 radical (unpaired) electrons. The summed E-state index contributed by atoms with van der Waals surface area (Å²) in [6.45, 7) is 7.27. The highest BCUT2D eigenvalue weighted by molar-refractivity contribution is 7.89. The highest BCUT2D eigenvalue weighted by Crippen LogP contribution is 2.34. The average Bonchev–Trinajstić information content (AvgIpc) is 2.99. The number of hydrogen-bond donors (Lipinski definition) is 1. The van der Waals surface area contributed by atoms with Gasteiger partial charge in [-0.3, -0.25) is 9.59 Å². The predicted molar refractivity (Wildman–Crippen MR) is 171 cm³/mol. The lowest BCUT2D eigenvalue weighted by Crippen LogP contribution is -2.52. The molecule has 4 aromatic rings. The minimum absolute atomic E-state index is 0.00802. The van der Waals surface area contributed by atoms with Crippen molar-refractivity contribution in [1.82, 2.24) is 9.62 Å². The molecular formula is C35H37N3O5S. The lowest BCUT2D eigenvalue weighted by molar-refractivity contribution is -0.128. The number of sulfonamides is 1. The number of hydrogen-bond acceptors (Lipinski definition) is 5. The number of carbonyl (C=O) groups excluding carboxylic acids is 2. The smallest absolute Gasteiger partial charge is 0.263 e. The molecule has 1 atom stereocenters. The Bertz CT molecular complexity index is 1750. The lowest BCUT2D eigenvalue weighted by Gasteiger charge is -2.35. The zero-order chi connectivity index (χ0) is 31.4. The van der Waals surface area contributed by atoms with Crippen LogP contribution in [0.15, 0.2) is 95.9 Å². The van der Waals surface area contributed by atoms with Gasteiger partial charge in [-0.15, -0.1) is 0 Å². The third-order valence-corrected chi connectivity index (χ3v) is 9.77. The van der Waals surface area contributed by atoms with Gasteiger partial charge in [-0.1, -0.05) is 90.0 Å². The first-order valence-corrected chi connectivity index (χ1v) is 16.0. The SMILES string of the molecule is Cc1ccc(CN(CC(=O)N2C[C@@H](C(=O)NCc3ccccc3)Oc3ccccc32)S(=O)(=O)c2c(C)cc(C)cc2C)cc1. The average molecular weight is 612 g/mol. The summed E-state index contributed by atoms with van der Waals surface area (Å²) in [4.78, 5) is 29.0. The number of carbonyl (C=O) groups is 2. The third-order valence-electron chi connectivity index (χ3n) is 7.67. The maximum atomic E-state index is 14.3. The van der Waals surface area contributed by atoms with Crippen LogP contribution in [-0.2, 0) is 32.7 Å². The van der Waals surface area contributed by atoms with Crippen LogP contribution in [-0.4, -0.2) is 43.7 Å². The van der Waals surface area contributed by atoms with Crippen LogP contribution < -0.4 is 15.0 Å². The molecule has 2 amide bonds.